The third-order valence-electron chi connectivity index (χ3n) is 4.01. The molecule has 0 aromatic heterocycles. The van der Waals surface area contributed by atoms with Gasteiger partial charge >= 0.3 is 5.97 Å². The van der Waals surface area contributed by atoms with E-state index in [0.29, 0.717) is 12.0 Å². The summed E-state index contributed by atoms with van der Waals surface area (Å²) >= 11 is 0. The molecule has 0 radical (unpaired) electrons. The van der Waals surface area contributed by atoms with E-state index in [1.54, 1.807) is 0 Å². The van der Waals surface area contributed by atoms with E-state index in [2.05, 4.69) is 20.8 Å². The molecule has 0 aromatic rings. The molecule has 0 aliphatic heterocycles. The molecule has 3 nitrogen and oxygen atoms in total. The van der Waals surface area contributed by atoms with E-state index < -0.39 is 12.1 Å². The minimum atomic E-state index is -0.800. The van der Waals surface area contributed by atoms with E-state index in [9.17, 15) is 4.79 Å². The van der Waals surface area contributed by atoms with Crippen molar-refractivity contribution in [1.82, 2.24) is 0 Å². The molecule has 0 spiro atoms. The largest absolute Gasteiger partial charge is 0.479 e. The molecule has 17 heavy (non-hydrogen) atoms. The van der Waals surface area contributed by atoms with Crippen LogP contribution in [0.4, 0.5) is 0 Å². The number of hydrogen-bond acceptors (Lipinski definition) is 2. The minimum absolute atomic E-state index is 0.200. The first-order valence-electron chi connectivity index (χ1n) is 6.70. The van der Waals surface area contributed by atoms with Crippen LogP contribution in [0.25, 0.3) is 0 Å². The van der Waals surface area contributed by atoms with Crippen LogP contribution >= 0.6 is 0 Å². The normalized spacial score (nSPS) is 27.8. The van der Waals surface area contributed by atoms with Crippen molar-refractivity contribution in [3.8, 4) is 0 Å². The van der Waals surface area contributed by atoms with Crippen LogP contribution in [0.15, 0.2) is 0 Å². The van der Waals surface area contributed by atoms with Crippen molar-refractivity contribution in [3.05, 3.63) is 0 Å². The number of ether oxygens (including phenoxy) is 1. The van der Waals surface area contributed by atoms with Gasteiger partial charge < -0.3 is 9.84 Å². The summed E-state index contributed by atoms with van der Waals surface area (Å²) in [6, 6.07) is 0. The summed E-state index contributed by atoms with van der Waals surface area (Å²) in [5.41, 5.74) is 0.343. The third-order valence-corrected chi connectivity index (χ3v) is 4.01. The van der Waals surface area contributed by atoms with Crippen LogP contribution in [0.1, 0.15) is 53.4 Å². The lowest BCUT2D eigenvalue weighted by atomic mass is 9.69. The summed E-state index contributed by atoms with van der Waals surface area (Å²) < 4.78 is 5.36. The Morgan fingerprint density at radius 3 is 2.18 bits per heavy atom. The lowest BCUT2D eigenvalue weighted by molar-refractivity contribution is -0.155. The summed E-state index contributed by atoms with van der Waals surface area (Å²) in [6.45, 7) is 9.16. The van der Waals surface area contributed by atoms with Gasteiger partial charge in [0.05, 0.1) is 0 Å². The molecule has 1 saturated carbocycles. The van der Waals surface area contributed by atoms with Crippen LogP contribution in [0, 0.1) is 17.3 Å². The maximum absolute atomic E-state index is 11.1. The summed E-state index contributed by atoms with van der Waals surface area (Å²) in [4.78, 5) is 11.1. The molecule has 1 N–H and O–H groups in total. The molecular formula is C14H26O3. The molecular weight excluding hydrogens is 216 g/mol. The number of rotatable bonds is 4. The molecule has 1 aliphatic carbocycles. The Morgan fingerprint density at radius 1 is 1.29 bits per heavy atom. The first-order chi connectivity index (χ1) is 7.86. The second kappa shape index (κ2) is 5.85. The first-order valence-corrected chi connectivity index (χ1v) is 6.70. The van der Waals surface area contributed by atoms with Crippen molar-refractivity contribution in [2.45, 2.75) is 59.5 Å². The highest BCUT2D eigenvalue weighted by Gasteiger charge is 2.35. The molecule has 0 saturated heterocycles. The van der Waals surface area contributed by atoms with E-state index in [1.807, 2.05) is 6.92 Å². The quantitative estimate of drug-likeness (QED) is 0.822. The molecule has 1 unspecified atom stereocenters. The molecule has 0 bridgehead atoms. The van der Waals surface area contributed by atoms with Crippen molar-refractivity contribution in [3.63, 3.8) is 0 Å². The number of carboxylic acids is 1. The average Bonchev–Trinajstić information content (AvgIpc) is 2.24. The number of aliphatic carboxylic acids is 1. The third kappa shape index (κ3) is 3.98. The van der Waals surface area contributed by atoms with Gasteiger partial charge in [-0.25, -0.2) is 4.79 Å². The molecule has 0 heterocycles. The molecule has 100 valence electrons. The summed E-state index contributed by atoms with van der Waals surface area (Å²) in [5.74, 6) is 0.118. The molecule has 1 aliphatic rings. The van der Waals surface area contributed by atoms with E-state index in [-0.39, 0.29) is 5.92 Å². The number of carboxylic acid groups (broad SMARTS) is 1. The van der Waals surface area contributed by atoms with Crippen LogP contribution in [0.2, 0.25) is 0 Å². The van der Waals surface area contributed by atoms with Crippen LogP contribution in [-0.2, 0) is 9.53 Å². The molecule has 1 atom stereocenters. The van der Waals surface area contributed by atoms with Crippen LogP contribution < -0.4 is 0 Å². The predicted octanol–water partition coefficient (Wildman–Crippen LogP) is 3.33. The second-order valence-electron chi connectivity index (χ2n) is 6.19. The number of hydrogen-bond donors (Lipinski definition) is 1. The molecule has 0 amide bonds. The van der Waals surface area contributed by atoms with Gasteiger partial charge in [0.25, 0.3) is 0 Å². The van der Waals surface area contributed by atoms with E-state index in [0.717, 1.165) is 31.6 Å². The van der Waals surface area contributed by atoms with Crippen LogP contribution in [0.5, 0.6) is 0 Å². The lowest BCUT2D eigenvalue weighted by Crippen LogP contribution is -2.36. The van der Waals surface area contributed by atoms with E-state index in [4.69, 9.17) is 9.84 Å². The summed E-state index contributed by atoms with van der Waals surface area (Å²) in [6.07, 6.45) is 3.63. The fraction of sp³-hybridized carbons (Fsp3) is 0.929. The minimum Gasteiger partial charge on any atom is -0.479 e. The Hall–Kier alpha value is -0.570. The van der Waals surface area contributed by atoms with Gasteiger partial charge in [-0.1, -0.05) is 20.8 Å². The van der Waals surface area contributed by atoms with E-state index >= 15 is 0 Å². The van der Waals surface area contributed by atoms with Crippen molar-refractivity contribution in [2.75, 3.05) is 6.61 Å². The Balaban J connectivity index is 2.52. The smallest absolute Gasteiger partial charge is 0.333 e. The van der Waals surface area contributed by atoms with Crippen molar-refractivity contribution < 1.29 is 14.6 Å². The van der Waals surface area contributed by atoms with Gasteiger partial charge in [-0.15, -0.1) is 0 Å². The Bertz CT molecular complexity index is 247. The first kappa shape index (κ1) is 14.5. The highest BCUT2D eigenvalue weighted by atomic mass is 16.5. The fourth-order valence-corrected chi connectivity index (χ4v) is 2.88. The molecule has 0 aromatic carbocycles. The zero-order valence-corrected chi connectivity index (χ0v) is 11.5. The predicted molar refractivity (Wildman–Crippen MR) is 68.0 cm³/mol. The lowest BCUT2D eigenvalue weighted by Gasteiger charge is -2.38. The second-order valence-corrected chi connectivity index (χ2v) is 6.19. The van der Waals surface area contributed by atoms with Gasteiger partial charge in [-0.2, -0.15) is 0 Å². The SMILES string of the molecule is CCOC(C(=O)O)C1CCC(C(C)(C)C)CC1. The van der Waals surface area contributed by atoms with Gasteiger partial charge in [0.15, 0.2) is 6.10 Å². The standard InChI is InChI=1S/C14H26O3/c1-5-17-12(13(15)16)10-6-8-11(9-7-10)14(2,3)4/h10-12H,5-9H2,1-4H3,(H,15,16). The van der Waals surface area contributed by atoms with Gasteiger partial charge in [0.1, 0.15) is 0 Å². The maximum atomic E-state index is 11.1. The van der Waals surface area contributed by atoms with Gasteiger partial charge in [0.2, 0.25) is 0 Å². The van der Waals surface area contributed by atoms with Crippen molar-refractivity contribution in [1.29, 1.82) is 0 Å². The summed E-state index contributed by atoms with van der Waals surface area (Å²) in [7, 11) is 0. The number of carbonyl (C=O) groups is 1. The zero-order valence-electron chi connectivity index (χ0n) is 11.5. The van der Waals surface area contributed by atoms with Gasteiger partial charge in [0, 0.05) is 6.61 Å². The van der Waals surface area contributed by atoms with Crippen molar-refractivity contribution >= 4 is 5.97 Å². The Kier molecular flexibility index (Phi) is 4.99. The Labute approximate surface area is 105 Å². The molecule has 3 heteroatoms. The van der Waals surface area contributed by atoms with Crippen LogP contribution in [0.3, 0.4) is 0 Å². The van der Waals surface area contributed by atoms with Gasteiger partial charge in [-0.05, 0) is 49.9 Å². The maximum Gasteiger partial charge on any atom is 0.333 e. The van der Waals surface area contributed by atoms with E-state index in [1.165, 1.54) is 0 Å². The highest BCUT2D eigenvalue weighted by molar-refractivity contribution is 5.72. The average molecular weight is 242 g/mol. The highest BCUT2D eigenvalue weighted by Crippen LogP contribution is 2.41. The monoisotopic (exact) mass is 242 g/mol. The fourth-order valence-electron chi connectivity index (χ4n) is 2.88. The van der Waals surface area contributed by atoms with Crippen molar-refractivity contribution in [2.24, 2.45) is 17.3 Å². The Morgan fingerprint density at radius 2 is 1.82 bits per heavy atom. The summed E-state index contributed by atoms with van der Waals surface area (Å²) in [5, 5.41) is 9.16. The zero-order chi connectivity index (χ0) is 13.1. The molecule has 1 rings (SSSR count). The van der Waals surface area contributed by atoms with Crippen LogP contribution in [-0.4, -0.2) is 23.8 Å². The van der Waals surface area contributed by atoms with Gasteiger partial charge in [-0.3, -0.25) is 0 Å². The molecule has 1 fully saturated rings. The topological polar surface area (TPSA) is 46.5 Å².